The van der Waals surface area contributed by atoms with Crippen LogP contribution in [0.1, 0.15) is 45.2 Å². The number of nitrogens with zero attached hydrogens (tertiary/aromatic N) is 2. The SMILES string of the molecule is CNC(=O)c1c(-c2ccc(F)cc2)oc2cc(N(C)SC)c(C3CCCN(C(=O)c4cc5c(OC)cccc5[nH]4)C3)cc12. The van der Waals surface area contributed by atoms with Crippen LogP contribution < -0.4 is 14.4 Å². The second-order valence-corrected chi connectivity index (χ2v) is 11.6. The Labute approximate surface area is 253 Å². The van der Waals surface area contributed by atoms with E-state index in [0.29, 0.717) is 46.6 Å². The third-order valence-corrected chi connectivity index (χ3v) is 8.98. The molecule has 0 aliphatic carbocycles. The molecule has 1 unspecified atom stereocenters. The number of hydrogen-bond donors (Lipinski definition) is 2. The number of furan rings is 1. The molecule has 2 aromatic heterocycles. The van der Waals surface area contributed by atoms with E-state index < -0.39 is 0 Å². The van der Waals surface area contributed by atoms with Crippen molar-refractivity contribution in [1.29, 1.82) is 0 Å². The summed E-state index contributed by atoms with van der Waals surface area (Å²) in [6, 6.07) is 17.5. The number of halogens is 1. The largest absolute Gasteiger partial charge is 0.496 e. The number of ether oxygens (including phenoxy) is 1. The third kappa shape index (κ3) is 5.20. The number of anilines is 1. The molecule has 0 bridgehead atoms. The van der Waals surface area contributed by atoms with Crippen LogP contribution in [0.4, 0.5) is 10.1 Å². The van der Waals surface area contributed by atoms with Crippen LogP contribution in [0.5, 0.6) is 5.75 Å². The predicted molar refractivity (Wildman–Crippen MR) is 170 cm³/mol. The van der Waals surface area contributed by atoms with Crippen LogP contribution in [0.3, 0.4) is 0 Å². The number of nitrogens with one attached hydrogen (secondary N) is 2. The van der Waals surface area contributed by atoms with Gasteiger partial charge in [0.15, 0.2) is 0 Å². The van der Waals surface area contributed by atoms with E-state index in [1.807, 2.05) is 54.6 Å². The molecule has 0 spiro atoms. The first-order valence-corrected chi connectivity index (χ1v) is 15.3. The Hall–Kier alpha value is -4.44. The van der Waals surface area contributed by atoms with Crippen molar-refractivity contribution in [3.8, 4) is 17.1 Å². The third-order valence-electron chi connectivity index (χ3n) is 8.23. The highest BCUT2D eigenvalue weighted by atomic mass is 32.2. The summed E-state index contributed by atoms with van der Waals surface area (Å²) in [7, 11) is 5.19. The van der Waals surface area contributed by atoms with Gasteiger partial charge in [0, 0.05) is 67.3 Å². The molecule has 0 radical (unpaired) electrons. The Balaban J connectivity index is 1.41. The number of aromatic amines is 1. The van der Waals surface area contributed by atoms with Gasteiger partial charge in [-0.15, -0.1) is 0 Å². The summed E-state index contributed by atoms with van der Waals surface area (Å²) in [6.45, 7) is 1.19. The summed E-state index contributed by atoms with van der Waals surface area (Å²) in [5.41, 5.74) is 4.95. The van der Waals surface area contributed by atoms with E-state index in [1.165, 1.54) is 12.1 Å². The second kappa shape index (κ2) is 11.7. The Morgan fingerprint density at radius 3 is 2.65 bits per heavy atom. The van der Waals surface area contributed by atoms with E-state index >= 15 is 0 Å². The van der Waals surface area contributed by atoms with Crippen LogP contribution in [0.25, 0.3) is 33.2 Å². The fourth-order valence-electron chi connectivity index (χ4n) is 6.01. The van der Waals surface area contributed by atoms with Crippen LogP contribution >= 0.6 is 11.9 Å². The molecule has 1 aliphatic heterocycles. The van der Waals surface area contributed by atoms with Gasteiger partial charge in [-0.25, -0.2) is 4.39 Å². The van der Waals surface area contributed by atoms with E-state index in [-0.39, 0.29) is 23.5 Å². The highest BCUT2D eigenvalue weighted by Crippen LogP contribution is 2.42. The zero-order chi connectivity index (χ0) is 30.2. The zero-order valence-electron chi connectivity index (χ0n) is 24.5. The van der Waals surface area contributed by atoms with Gasteiger partial charge in [0.1, 0.15) is 28.6 Å². The number of H-pyrrole nitrogens is 1. The molecule has 1 fully saturated rings. The van der Waals surface area contributed by atoms with Crippen molar-refractivity contribution in [3.63, 3.8) is 0 Å². The molecule has 1 aliphatic rings. The number of rotatable bonds is 7. The molecule has 5 aromatic rings. The molecule has 2 amide bonds. The van der Waals surface area contributed by atoms with Gasteiger partial charge < -0.3 is 28.7 Å². The van der Waals surface area contributed by atoms with Crippen molar-refractivity contribution in [2.75, 3.05) is 44.9 Å². The normalized spacial score (nSPS) is 15.2. The van der Waals surface area contributed by atoms with Crippen LogP contribution in [-0.2, 0) is 0 Å². The molecule has 43 heavy (non-hydrogen) atoms. The first-order chi connectivity index (χ1) is 20.8. The summed E-state index contributed by atoms with van der Waals surface area (Å²) in [5.74, 6) is 0.428. The Morgan fingerprint density at radius 2 is 1.93 bits per heavy atom. The molecule has 8 nitrogen and oxygen atoms in total. The molecule has 222 valence electrons. The molecule has 1 saturated heterocycles. The van der Waals surface area contributed by atoms with Crippen LogP contribution in [0, 0.1) is 5.82 Å². The maximum absolute atomic E-state index is 13.7. The minimum atomic E-state index is -0.365. The quantitative estimate of drug-likeness (QED) is 0.199. The van der Waals surface area contributed by atoms with E-state index in [2.05, 4.69) is 14.6 Å². The smallest absolute Gasteiger partial charge is 0.270 e. The minimum Gasteiger partial charge on any atom is -0.496 e. The van der Waals surface area contributed by atoms with Gasteiger partial charge in [-0.1, -0.05) is 18.0 Å². The molecular weight excluding hydrogens is 567 g/mol. The summed E-state index contributed by atoms with van der Waals surface area (Å²) in [6.07, 6.45) is 3.73. The van der Waals surface area contributed by atoms with E-state index in [1.54, 1.807) is 38.2 Å². The number of fused-ring (bicyclic) bond motifs is 2. The average molecular weight is 601 g/mol. The molecule has 6 rings (SSSR count). The standard InChI is InChI=1S/C33H33FN4O4S/c1-35-32(39)30-24-15-22(27(37(2)43-4)17-29(24)42-31(30)19-10-12-21(34)13-11-19)20-7-6-14-38(18-20)33(40)26-16-23-25(36-26)8-5-9-28(23)41-3/h5,8-13,15-17,20,36H,6-7,14,18H2,1-4H3,(H,35,39). The van der Waals surface area contributed by atoms with Gasteiger partial charge in [-0.3, -0.25) is 9.59 Å². The van der Waals surface area contributed by atoms with Gasteiger partial charge in [-0.05, 0) is 66.9 Å². The number of benzene rings is 3. The minimum absolute atomic E-state index is 0.0346. The van der Waals surface area contributed by atoms with E-state index in [9.17, 15) is 14.0 Å². The molecule has 2 N–H and O–H groups in total. The van der Waals surface area contributed by atoms with Crippen LogP contribution in [0.2, 0.25) is 0 Å². The van der Waals surface area contributed by atoms with Crippen molar-refractivity contribution in [3.05, 3.63) is 83.3 Å². The number of piperidine rings is 1. The van der Waals surface area contributed by atoms with Crippen molar-refractivity contribution in [2.45, 2.75) is 18.8 Å². The number of aromatic nitrogens is 1. The Kier molecular flexibility index (Phi) is 7.79. The summed E-state index contributed by atoms with van der Waals surface area (Å²) in [4.78, 5) is 32.1. The van der Waals surface area contributed by atoms with E-state index in [0.717, 1.165) is 40.7 Å². The van der Waals surface area contributed by atoms with Gasteiger partial charge in [0.25, 0.3) is 11.8 Å². The maximum Gasteiger partial charge on any atom is 0.270 e. The number of likely N-dealkylation sites (tertiary alicyclic amines) is 1. The Morgan fingerprint density at radius 1 is 1.14 bits per heavy atom. The second-order valence-electron chi connectivity index (χ2n) is 10.7. The van der Waals surface area contributed by atoms with Crippen LogP contribution in [-0.4, -0.2) is 62.2 Å². The van der Waals surface area contributed by atoms with Crippen molar-refractivity contribution < 1.29 is 23.1 Å². The predicted octanol–water partition coefficient (Wildman–Crippen LogP) is 6.82. The summed E-state index contributed by atoms with van der Waals surface area (Å²) >= 11 is 1.57. The first-order valence-electron chi connectivity index (χ1n) is 14.1. The molecule has 1 atom stereocenters. The number of methoxy groups -OCH3 is 1. The van der Waals surface area contributed by atoms with Crippen molar-refractivity contribution in [2.24, 2.45) is 0 Å². The summed E-state index contributed by atoms with van der Waals surface area (Å²) < 4.78 is 27.6. The highest BCUT2D eigenvalue weighted by molar-refractivity contribution is 7.99. The maximum atomic E-state index is 13.7. The Bertz CT molecular complexity index is 1830. The number of hydrogen-bond acceptors (Lipinski definition) is 6. The average Bonchev–Trinajstić information content (AvgIpc) is 3.65. The lowest BCUT2D eigenvalue weighted by molar-refractivity contribution is 0.0702. The van der Waals surface area contributed by atoms with Crippen LogP contribution in [0.15, 0.2) is 65.1 Å². The lowest BCUT2D eigenvalue weighted by Crippen LogP contribution is -2.39. The molecule has 3 heterocycles. The van der Waals surface area contributed by atoms with Gasteiger partial charge >= 0.3 is 0 Å². The number of carbonyl (C=O) groups excluding carboxylic acids is 2. The van der Waals surface area contributed by atoms with Crippen molar-refractivity contribution >= 4 is 51.3 Å². The van der Waals surface area contributed by atoms with Crippen molar-refractivity contribution in [1.82, 2.24) is 15.2 Å². The van der Waals surface area contributed by atoms with Gasteiger partial charge in [-0.2, -0.15) is 0 Å². The lowest BCUT2D eigenvalue weighted by Gasteiger charge is -2.34. The number of carbonyl (C=O) groups is 2. The number of amides is 2. The molecule has 10 heteroatoms. The highest BCUT2D eigenvalue weighted by Gasteiger charge is 2.31. The first kappa shape index (κ1) is 28.7. The summed E-state index contributed by atoms with van der Waals surface area (Å²) in [5, 5.41) is 4.28. The molecular formula is C33H33FN4O4S. The van der Waals surface area contributed by atoms with Gasteiger partial charge in [0.2, 0.25) is 0 Å². The van der Waals surface area contributed by atoms with Gasteiger partial charge in [0.05, 0.1) is 18.4 Å². The monoisotopic (exact) mass is 600 g/mol. The molecule has 0 saturated carbocycles. The lowest BCUT2D eigenvalue weighted by atomic mass is 9.88. The topological polar surface area (TPSA) is 90.8 Å². The fraction of sp³-hybridized carbons (Fsp3) is 0.273. The zero-order valence-corrected chi connectivity index (χ0v) is 25.3. The fourth-order valence-corrected chi connectivity index (χ4v) is 6.36. The molecule has 3 aromatic carbocycles. The van der Waals surface area contributed by atoms with E-state index in [4.69, 9.17) is 9.15 Å².